The molecule has 25 heavy (non-hydrogen) atoms. The number of nitrogens with one attached hydrogen (secondary N) is 2. The van der Waals surface area contributed by atoms with Gasteiger partial charge in [0.1, 0.15) is 11.3 Å². The third kappa shape index (κ3) is 4.20. The molecule has 1 aromatic heterocycles. The monoisotopic (exact) mass is 344 g/mol. The van der Waals surface area contributed by atoms with Crippen LogP contribution < -0.4 is 10.6 Å². The van der Waals surface area contributed by atoms with Crippen molar-refractivity contribution in [2.24, 2.45) is 0 Å². The SMILES string of the molecule is N#CC1(NC(=O)CN2CCC[C@@H]2C(=O)NCc2ccco2)CCCC1. The maximum Gasteiger partial charge on any atom is 0.237 e. The van der Waals surface area contributed by atoms with Crippen LogP contribution in [0.5, 0.6) is 0 Å². The van der Waals surface area contributed by atoms with Crippen molar-refractivity contribution >= 4 is 11.8 Å². The fraction of sp³-hybridized carbons (Fsp3) is 0.611. The van der Waals surface area contributed by atoms with Gasteiger partial charge in [0.25, 0.3) is 0 Å². The largest absolute Gasteiger partial charge is 0.467 e. The number of amides is 2. The molecule has 1 saturated heterocycles. The summed E-state index contributed by atoms with van der Waals surface area (Å²) < 4.78 is 5.21. The summed E-state index contributed by atoms with van der Waals surface area (Å²) in [6.07, 6.45) is 6.55. The Morgan fingerprint density at radius 2 is 2.16 bits per heavy atom. The van der Waals surface area contributed by atoms with Crippen LogP contribution in [-0.2, 0) is 16.1 Å². The molecule has 0 unspecified atom stereocenters. The molecule has 1 saturated carbocycles. The molecule has 7 nitrogen and oxygen atoms in total. The van der Waals surface area contributed by atoms with Crippen molar-refractivity contribution in [1.29, 1.82) is 5.26 Å². The summed E-state index contributed by atoms with van der Waals surface area (Å²) in [4.78, 5) is 26.7. The lowest BCUT2D eigenvalue weighted by molar-refractivity contribution is -0.128. The van der Waals surface area contributed by atoms with Gasteiger partial charge in [-0.25, -0.2) is 0 Å². The number of nitrogens with zero attached hydrogens (tertiary/aromatic N) is 2. The van der Waals surface area contributed by atoms with E-state index in [0.717, 1.165) is 25.7 Å². The van der Waals surface area contributed by atoms with Crippen LogP contribution in [0.2, 0.25) is 0 Å². The maximum absolute atomic E-state index is 12.4. The summed E-state index contributed by atoms with van der Waals surface area (Å²) in [6, 6.07) is 5.55. The van der Waals surface area contributed by atoms with Gasteiger partial charge in [-0.2, -0.15) is 5.26 Å². The molecule has 2 heterocycles. The van der Waals surface area contributed by atoms with Crippen molar-refractivity contribution in [3.8, 4) is 6.07 Å². The molecule has 7 heteroatoms. The molecule has 2 N–H and O–H groups in total. The molecular formula is C18H24N4O3. The molecule has 0 spiro atoms. The first-order chi connectivity index (χ1) is 12.1. The van der Waals surface area contributed by atoms with E-state index in [-0.39, 0.29) is 24.4 Å². The van der Waals surface area contributed by atoms with Crippen molar-refractivity contribution in [1.82, 2.24) is 15.5 Å². The van der Waals surface area contributed by atoms with Gasteiger partial charge in [-0.05, 0) is 57.2 Å². The second kappa shape index (κ2) is 7.70. The minimum Gasteiger partial charge on any atom is -0.467 e. The van der Waals surface area contributed by atoms with Crippen molar-refractivity contribution in [2.45, 2.75) is 56.7 Å². The molecule has 0 aromatic carbocycles. The van der Waals surface area contributed by atoms with E-state index in [1.807, 2.05) is 11.0 Å². The van der Waals surface area contributed by atoms with Gasteiger partial charge in [0.05, 0.1) is 31.5 Å². The van der Waals surface area contributed by atoms with Crippen molar-refractivity contribution in [3.05, 3.63) is 24.2 Å². The lowest BCUT2D eigenvalue weighted by atomic mass is 10.00. The minimum atomic E-state index is -0.714. The fourth-order valence-electron chi connectivity index (χ4n) is 3.75. The Labute approximate surface area is 147 Å². The van der Waals surface area contributed by atoms with Gasteiger partial charge in [0.15, 0.2) is 0 Å². The Bertz CT molecular complexity index is 644. The molecule has 2 amide bonds. The highest BCUT2D eigenvalue weighted by molar-refractivity contribution is 5.84. The average Bonchev–Trinajstić information content (AvgIpc) is 3.35. The number of nitriles is 1. The Morgan fingerprint density at radius 1 is 1.36 bits per heavy atom. The van der Waals surface area contributed by atoms with Gasteiger partial charge < -0.3 is 15.1 Å². The summed E-state index contributed by atoms with van der Waals surface area (Å²) in [5, 5.41) is 15.1. The molecule has 2 aliphatic rings. The predicted molar refractivity (Wildman–Crippen MR) is 90.1 cm³/mol. The lowest BCUT2D eigenvalue weighted by Crippen LogP contribution is -2.51. The van der Waals surface area contributed by atoms with Crippen molar-refractivity contribution in [3.63, 3.8) is 0 Å². The van der Waals surface area contributed by atoms with E-state index in [2.05, 4.69) is 16.7 Å². The first kappa shape index (κ1) is 17.5. The van der Waals surface area contributed by atoms with Crippen LogP contribution in [0.1, 0.15) is 44.3 Å². The number of rotatable bonds is 6. The number of hydrogen-bond acceptors (Lipinski definition) is 5. The van der Waals surface area contributed by atoms with Gasteiger partial charge >= 0.3 is 0 Å². The van der Waals surface area contributed by atoms with Gasteiger partial charge in [-0.15, -0.1) is 0 Å². The topological polar surface area (TPSA) is 98.4 Å². The quantitative estimate of drug-likeness (QED) is 0.811. The molecule has 1 aromatic rings. The summed E-state index contributed by atoms with van der Waals surface area (Å²) >= 11 is 0. The van der Waals surface area contributed by atoms with Crippen LogP contribution >= 0.6 is 0 Å². The van der Waals surface area contributed by atoms with Gasteiger partial charge in [-0.3, -0.25) is 14.5 Å². The van der Waals surface area contributed by atoms with E-state index in [0.29, 0.717) is 31.7 Å². The smallest absolute Gasteiger partial charge is 0.237 e. The second-order valence-corrected chi connectivity index (χ2v) is 6.87. The summed E-state index contributed by atoms with van der Waals surface area (Å²) in [5.74, 6) is 0.444. The maximum atomic E-state index is 12.4. The highest BCUT2D eigenvalue weighted by Gasteiger charge is 2.37. The molecule has 1 aliphatic carbocycles. The van der Waals surface area contributed by atoms with Crippen LogP contribution in [0.4, 0.5) is 0 Å². The van der Waals surface area contributed by atoms with E-state index in [1.165, 1.54) is 0 Å². The molecule has 1 atom stereocenters. The zero-order valence-corrected chi connectivity index (χ0v) is 14.3. The predicted octanol–water partition coefficient (Wildman–Crippen LogP) is 1.31. The van der Waals surface area contributed by atoms with Crippen LogP contribution in [0, 0.1) is 11.3 Å². The molecule has 0 radical (unpaired) electrons. The van der Waals surface area contributed by atoms with E-state index in [4.69, 9.17) is 4.42 Å². The van der Waals surface area contributed by atoms with E-state index >= 15 is 0 Å². The van der Waals surface area contributed by atoms with Gasteiger partial charge in [0, 0.05) is 0 Å². The number of carbonyl (C=O) groups excluding carboxylic acids is 2. The van der Waals surface area contributed by atoms with E-state index in [9.17, 15) is 14.9 Å². The Balaban J connectivity index is 1.51. The second-order valence-electron chi connectivity index (χ2n) is 6.87. The molecule has 1 aliphatic heterocycles. The van der Waals surface area contributed by atoms with Crippen molar-refractivity contribution in [2.75, 3.05) is 13.1 Å². The summed E-state index contributed by atoms with van der Waals surface area (Å²) in [5.41, 5.74) is -0.714. The third-order valence-corrected chi connectivity index (χ3v) is 5.08. The normalized spacial score (nSPS) is 22.4. The van der Waals surface area contributed by atoms with Crippen molar-refractivity contribution < 1.29 is 14.0 Å². The minimum absolute atomic E-state index is 0.0856. The Morgan fingerprint density at radius 3 is 2.84 bits per heavy atom. The molecule has 134 valence electrons. The van der Waals surface area contributed by atoms with Gasteiger partial charge in [-0.1, -0.05) is 0 Å². The summed E-state index contributed by atoms with van der Waals surface area (Å²) in [6.45, 7) is 1.22. The molecule has 2 fully saturated rings. The highest BCUT2D eigenvalue weighted by atomic mass is 16.3. The first-order valence-corrected chi connectivity index (χ1v) is 8.88. The molecule has 0 bridgehead atoms. The zero-order valence-electron chi connectivity index (χ0n) is 14.3. The average molecular weight is 344 g/mol. The number of carbonyl (C=O) groups is 2. The summed E-state index contributed by atoms with van der Waals surface area (Å²) in [7, 11) is 0. The Hall–Kier alpha value is -2.33. The van der Waals surface area contributed by atoms with Crippen LogP contribution in [0.3, 0.4) is 0 Å². The van der Waals surface area contributed by atoms with E-state index in [1.54, 1.807) is 12.3 Å². The van der Waals surface area contributed by atoms with Crippen LogP contribution in [0.25, 0.3) is 0 Å². The molecule has 3 rings (SSSR count). The van der Waals surface area contributed by atoms with Crippen LogP contribution in [-0.4, -0.2) is 41.4 Å². The van der Waals surface area contributed by atoms with E-state index < -0.39 is 5.54 Å². The zero-order chi connectivity index (χ0) is 17.7. The number of furan rings is 1. The highest BCUT2D eigenvalue weighted by Crippen LogP contribution is 2.29. The third-order valence-electron chi connectivity index (χ3n) is 5.08. The standard InChI is InChI=1S/C18H24N4O3/c19-13-18(7-1-2-8-18)21-16(23)12-22-9-3-6-15(22)17(24)20-11-14-5-4-10-25-14/h4-5,10,15H,1-3,6-9,11-12H2,(H,20,24)(H,21,23)/t15-/m1/s1. The first-order valence-electron chi connectivity index (χ1n) is 8.88. The lowest BCUT2D eigenvalue weighted by Gasteiger charge is -2.26. The fourth-order valence-corrected chi connectivity index (χ4v) is 3.75. The Kier molecular flexibility index (Phi) is 5.39. The number of hydrogen-bond donors (Lipinski definition) is 2. The molecular weight excluding hydrogens is 320 g/mol. The van der Waals surface area contributed by atoms with Gasteiger partial charge in [0.2, 0.25) is 11.8 Å². The number of likely N-dealkylation sites (tertiary alicyclic amines) is 1. The van der Waals surface area contributed by atoms with Crippen LogP contribution in [0.15, 0.2) is 22.8 Å².